The number of allylic oxidation sites excluding steroid dienone is 22. The van der Waals surface area contributed by atoms with Crippen LogP contribution in [0.5, 0.6) is 0 Å². The Bertz CT molecular complexity index is 1880. The zero-order valence-electron chi connectivity index (χ0n) is 50.9. The first-order valence-electron chi connectivity index (χ1n) is 31.8. The van der Waals surface area contributed by atoms with Crippen LogP contribution in [0.25, 0.3) is 0 Å². The van der Waals surface area contributed by atoms with Crippen molar-refractivity contribution in [2.45, 2.75) is 261 Å². The molecule has 2 rings (SSSR count). The second-order valence-corrected chi connectivity index (χ2v) is 21.5. The first kappa shape index (κ1) is 75.2. The second-order valence-electron chi connectivity index (χ2n) is 21.5. The van der Waals surface area contributed by atoms with Crippen LogP contribution in [0.15, 0.2) is 134 Å². The molecule has 0 aromatic carbocycles. The van der Waals surface area contributed by atoms with Crippen molar-refractivity contribution >= 4 is 5.97 Å². The molecule has 11 unspecified atom stereocenters. The number of carbonyl (C=O) groups is 1. The van der Waals surface area contributed by atoms with Crippen molar-refractivity contribution in [2.24, 2.45) is 0 Å². The molecule has 2 fully saturated rings. The fourth-order valence-electron chi connectivity index (χ4n) is 9.14. The first-order chi connectivity index (χ1) is 40.6. The lowest BCUT2D eigenvalue weighted by Crippen LogP contribution is -2.61. The smallest absolute Gasteiger partial charge is 0.306 e. The van der Waals surface area contributed by atoms with E-state index in [0.717, 1.165) is 141 Å². The number of esters is 1. The van der Waals surface area contributed by atoms with Gasteiger partial charge in [0.2, 0.25) is 0 Å². The Labute approximate surface area is 500 Å². The summed E-state index contributed by atoms with van der Waals surface area (Å²) in [4.78, 5) is 13.1. The largest absolute Gasteiger partial charge is 0.457 e. The van der Waals surface area contributed by atoms with Crippen LogP contribution in [0.4, 0.5) is 0 Å². The summed E-state index contributed by atoms with van der Waals surface area (Å²) in [5, 5.41) is 72.5. The van der Waals surface area contributed by atoms with Gasteiger partial charge < -0.3 is 64.2 Å². The molecular formula is C69H112O14. The molecule has 472 valence electrons. The molecule has 2 aliphatic heterocycles. The number of ether oxygens (including phenoxy) is 6. The molecule has 14 heteroatoms. The van der Waals surface area contributed by atoms with E-state index in [1.165, 1.54) is 25.7 Å². The van der Waals surface area contributed by atoms with E-state index < -0.39 is 86.7 Å². The molecule has 0 aromatic rings. The average molecular weight is 1170 g/mol. The van der Waals surface area contributed by atoms with Gasteiger partial charge in [-0.05, 0) is 109 Å². The van der Waals surface area contributed by atoms with Gasteiger partial charge in [-0.2, -0.15) is 0 Å². The number of hydrogen-bond donors (Lipinski definition) is 7. The van der Waals surface area contributed by atoms with Gasteiger partial charge in [-0.25, -0.2) is 0 Å². The minimum atomic E-state index is -1.72. The van der Waals surface area contributed by atoms with Crippen LogP contribution >= 0.6 is 0 Å². The molecule has 14 nitrogen and oxygen atoms in total. The van der Waals surface area contributed by atoms with Crippen molar-refractivity contribution in [3.63, 3.8) is 0 Å². The van der Waals surface area contributed by atoms with Crippen LogP contribution in [0.1, 0.15) is 194 Å². The topological polar surface area (TPSA) is 214 Å². The Hall–Kier alpha value is -3.87. The minimum absolute atomic E-state index is 0.0393. The zero-order valence-corrected chi connectivity index (χ0v) is 50.9. The van der Waals surface area contributed by atoms with Gasteiger partial charge in [-0.15, -0.1) is 0 Å². The highest BCUT2D eigenvalue weighted by molar-refractivity contribution is 5.69. The van der Waals surface area contributed by atoms with Gasteiger partial charge >= 0.3 is 5.97 Å². The predicted molar refractivity (Wildman–Crippen MR) is 334 cm³/mol. The van der Waals surface area contributed by atoms with Gasteiger partial charge in [0.1, 0.15) is 54.9 Å². The lowest BCUT2D eigenvalue weighted by Gasteiger charge is -2.42. The summed E-state index contributed by atoms with van der Waals surface area (Å²) in [7, 11) is 0. The van der Waals surface area contributed by atoms with Gasteiger partial charge in [0.15, 0.2) is 12.6 Å². The van der Waals surface area contributed by atoms with Gasteiger partial charge in [0.05, 0.1) is 26.4 Å². The molecule has 0 saturated carbocycles. The number of aliphatic hydroxyl groups is 7. The third kappa shape index (κ3) is 39.5. The predicted octanol–water partition coefficient (Wildman–Crippen LogP) is 12.6. The lowest BCUT2D eigenvalue weighted by molar-refractivity contribution is -0.332. The Balaban J connectivity index is 1.70. The Kier molecular flexibility index (Phi) is 48.6. The molecule has 0 spiro atoms. The summed E-state index contributed by atoms with van der Waals surface area (Å²) in [6.45, 7) is 3.40. The molecular weight excluding hydrogens is 1050 g/mol. The van der Waals surface area contributed by atoms with Crippen molar-refractivity contribution < 1.29 is 69.0 Å². The third-order valence-corrected chi connectivity index (χ3v) is 14.2. The molecule has 0 aliphatic carbocycles. The number of rotatable bonds is 50. The first-order valence-corrected chi connectivity index (χ1v) is 31.8. The van der Waals surface area contributed by atoms with E-state index >= 15 is 0 Å². The van der Waals surface area contributed by atoms with Crippen molar-refractivity contribution in [3.05, 3.63) is 134 Å². The Morgan fingerprint density at radius 2 is 0.747 bits per heavy atom. The highest BCUT2D eigenvalue weighted by Crippen LogP contribution is 2.26. The summed E-state index contributed by atoms with van der Waals surface area (Å²) in [5.74, 6) is -0.397. The molecule has 2 heterocycles. The van der Waals surface area contributed by atoms with E-state index in [1.807, 2.05) is 0 Å². The van der Waals surface area contributed by atoms with Crippen molar-refractivity contribution in [1.29, 1.82) is 0 Å². The average Bonchev–Trinajstić information content (AvgIpc) is 3.69. The van der Waals surface area contributed by atoms with E-state index in [4.69, 9.17) is 28.4 Å². The summed E-state index contributed by atoms with van der Waals surface area (Å²) in [6, 6.07) is 0. The highest BCUT2D eigenvalue weighted by atomic mass is 16.7. The van der Waals surface area contributed by atoms with E-state index in [2.05, 4.69) is 148 Å². The molecule has 7 N–H and O–H groups in total. The fraction of sp³-hybridized carbons (Fsp3) is 0.667. The van der Waals surface area contributed by atoms with Crippen LogP contribution in [-0.4, -0.2) is 142 Å². The van der Waals surface area contributed by atoms with E-state index in [1.54, 1.807) is 0 Å². The van der Waals surface area contributed by atoms with Crippen LogP contribution in [0.3, 0.4) is 0 Å². The van der Waals surface area contributed by atoms with Gasteiger partial charge in [-0.3, -0.25) is 4.79 Å². The van der Waals surface area contributed by atoms with Gasteiger partial charge in [0, 0.05) is 13.0 Å². The number of unbranched alkanes of at least 4 members (excludes halogenated alkanes) is 14. The lowest BCUT2D eigenvalue weighted by atomic mass is 9.98. The van der Waals surface area contributed by atoms with Crippen molar-refractivity contribution in [2.75, 3.05) is 33.0 Å². The second kappa shape index (κ2) is 53.6. The summed E-state index contributed by atoms with van der Waals surface area (Å²) < 4.78 is 34.5. The molecule has 0 amide bonds. The summed E-state index contributed by atoms with van der Waals surface area (Å²) in [6.07, 6.45) is 60.7. The standard InChI is InChI=1S/C69H112O14/c1-3-5-7-9-11-13-15-17-19-21-23-25-27-28-29-31-33-35-37-39-41-43-45-47-49-51-53-78-55-58(56-79-68-67(77)65(75)63(73)60(83-68)57-80-69-66(76)64(74)62(72)59(54-70)82-69)81-61(71)52-50-48-46-44-42-40-38-36-34-32-30-26-24-22-20-18-16-14-12-10-8-6-4-2/h5-8,11-14,17-20,23-26,28-29,32-35,58-60,62-70,72-77H,3-4,9-10,15-16,21-22,27,30-31,36-57H2,1-2H3/b7-5-,8-6-,13-11-,14-12-,19-17-,20-18-,25-23-,26-24-,29-28-,34-32-,35-33-. The highest BCUT2D eigenvalue weighted by Gasteiger charge is 2.47. The maximum absolute atomic E-state index is 13.1. The zero-order chi connectivity index (χ0) is 60.1. The normalized spacial score (nSPS) is 24.3. The Morgan fingerprint density at radius 3 is 1.17 bits per heavy atom. The van der Waals surface area contributed by atoms with Crippen LogP contribution in [0, 0.1) is 0 Å². The van der Waals surface area contributed by atoms with Crippen LogP contribution < -0.4 is 0 Å². The Morgan fingerprint density at radius 1 is 0.398 bits per heavy atom. The van der Waals surface area contributed by atoms with Crippen molar-refractivity contribution in [3.8, 4) is 0 Å². The number of hydrogen-bond acceptors (Lipinski definition) is 14. The quantitative estimate of drug-likeness (QED) is 0.0172. The maximum atomic E-state index is 13.1. The van der Waals surface area contributed by atoms with Gasteiger partial charge in [-0.1, -0.05) is 212 Å². The molecule has 0 radical (unpaired) electrons. The number of carbonyl (C=O) groups excluding carboxylic acids is 1. The number of aliphatic hydroxyl groups excluding tert-OH is 7. The van der Waals surface area contributed by atoms with Gasteiger partial charge in [0.25, 0.3) is 0 Å². The minimum Gasteiger partial charge on any atom is -0.457 e. The summed E-state index contributed by atoms with van der Waals surface area (Å²) >= 11 is 0. The molecule has 2 saturated heterocycles. The molecule has 0 bridgehead atoms. The van der Waals surface area contributed by atoms with Crippen LogP contribution in [0.2, 0.25) is 0 Å². The third-order valence-electron chi connectivity index (χ3n) is 14.2. The maximum Gasteiger partial charge on any atom is 0.306 e. The monoisotopic (exact) mass is 1160 g/mol. The molecule has 2 aliphatic rings. The van der Waals surface area contributed by atoms with Crippen LogP contribution in [-0.2, 0) is 33.2 Å². The van der Waals surface area contributed by atoms with E-state index in [9.17, 15) is 40.5 Å². The summed E-state index contributed by atoms with van der Waals surface area (Å²) in [5.41, 5.74) is 0. The molecule has 83 heavy (non-hydrogen) atoms. The molecule has 11 atom stereocenters. The molecule has 0 aromatic heterocycles. The van der Waals surface area contributed by atoms with E-state index in [-0.39, 0.29) is 19.6 Å². The van der Waals surface area contributed by atoms with E-state index in [0.29, 0.717) is 13.0 Å². The SMILES string of the molecule is CC/C=C\C/C=C\C/C=C\C/C=C\C/C=C\C/C=C\CCCCCCCCCOCC(COC1OC(COC2OC(CO)C(O)C(O)C2O)C(O)C(O)C1O)OC(=O)CCCCCCCCC/C=C\C/C=C\C/C=C\C/C=C\C/C=C\CC. The fourth-order valence-corrected chi connectivity index (χ4v) is 9.14. The van der Waals surface area contributed by atoms with Crippen molar-refractivity contribution in [1.82, 2.24) is 0 Å².